The minimum atomic E-state index is -4.54. The number of hydrogen-bond acceptors (Lipinski definition) is 4. The van der Waals surface area contributed by atoms with E-state index in [1.165, 1.54) is 11.4 Å². The van der Waals surface area contributed by atoms with Crippen LogP contribution in [0.15, 0.2) is 29.2 Å². The van der Waals surface area contributed by atoms with Gasteiger partial charge in [-0.05, 0) is 62.3 Å². The number of alkyl halides is 3. The van der Waals surface area contributed by atoms with Crippen LogP contribution in [0.4, 0.5) is 18.0 Å². The molecule has 33 heavy (non-hydrogen) atoms. The largest absolute Gasteiger partial charge is 0.465 e. The summed E-state index contributed by atoms with van der Waals surface area (Å²) in [6.45, 7) is 2.17. The number of nitrogens with zero attached hydrogens (tertiary/aromatic N) is 2. The van der Waals surface area contributed by atoms with Crippen LogP contribution >= 0.6 is 0 Å². The van der Waals surface area contributed by atoms with E-state index in [0.29, 0.717) is 6.42 Å². The maximum atomic E-state index is 13.0. The molecule has 0 bridgehead atoms. The monoisotopic (exact) mass is 491 g/mol. The predicted octanol–water partition coefficient (Wildman–Crippen LogP) is 3.00. The molecule has 1 aliphatic heterocycles. The fraction of sp³-hybridized carbons (Fsp3) is 0.619. The van der Waals surface area contributed by atoms with E-state index in [1.54, 1.807) is 6.92 Å². The Bertz CT molecular complexity index is 984. The Morgan fingerprint density at radius 2 is 1.85 bits per heavy atom. The number of halogens is 3. The van der Waals surface area contributed by atoms with Crippen molar-refractivity contribution in [3.8, 4) is 0 Å². The molecule has 0 radical (unpaired) electrons. The van der Waals surface area contributed by atoms with Gasteiger partial charge < -0.3 is 15.3 Å². The standard InChI is InChI=1S/C21H28F3N3O5S/c1-13(26(2)20(29)30)3-10-19(28)25-18-9-4-14-11-27(12-17(14)18)33(31,32)16-7-5-15(6-8-16)21(22,23)24/h5-8,13-14,17-18H,3-4,9-12H2,1-2H3,(H,25,28)(H,29,30)/t13?,14-,17+,18-/m0/s1. The van der Waals surface area contributed by atoms with E-state index in [1.807, 2.05) is 0 Å². The lowest BCUT2D eigenvalue weighted by Crippen LogP contribution is -2.41. The predicted molar refractivity (Wildman–Crippen MR) is 113 cm³/mol. The van der Waals surface area contributed by atoms with Gasteiger partial charge in [0.05, 0.1) is 10.5 Å². The third-order valence-electron chi connectivity index (χ3n) is 6.74. The highest BCUT2D eigenvalue weighted by molar-refractivity contribution is 7.89. The van der Waals surface area contributed by atoms with Gasteiger partial charge in [-0.1, -0.05) is 0 Å². The average molecular weight is 492 g/mol. The molecule has 2 N–H and O–H groups in total. The van der Waals surface area contributed by atoms with Crippen LogP contribution in [-0.2, 0) is 21.0 Å². The van der Waals surface area contributed by atoms with Crippen LogP contribution in [0.1, 0.15) is 38.2 Å². The number of carbonyl (C=O) groups excluding carboxylic acids is 1. The number of sulfonamides is 1. The smallest absolute Gasteiger partial charge is 0.416 e. The normalized spacial score (nSPS) is 24.3. The van der Waals surface area contributed by atoms with Crippen molar-refractivity contribution in [3.63, 3.8) is 0 Å². The van der Waals surface area contributed by atoms with Crippen LogP contribution in [0.5, 0.6) is 0 Å². The molecule has 8 nitrogen and oxygen atoms in total. The van der Waals surface area contributed by atoms with Gasteiger partial charge in [-0.15, -0.1) is 0 Å². The zero-order chi connectivity index (χ0) is 24.6. The fourth-order valence-electron chi connectivity index (χ4n) is 4.57. The second kappa shape index (κ2) is 9.49. The lowest BCUT2D eigenvalue weighted by atomic mass is 9.97. The van der Waals surface area contributed by atoms with Gasteiger partial charge in [0.15, 0.2) is 0 Å². The zero-order valence-corrected chi connectivity index (χ0v) is 19.2. The molecule has 1 saturated heterocycles. The van der Waals surface area contributed by atoms with Crippen LogP contribution in [0.2, 0.25) is 0 Å². The number of hydrogen-bond donors (Lipinski definition) is 2. The van der Waals surface area contributed by atoms with Crippen molar-refractivity contribution in [2.24, 2.45) is 11.8 Å². The molecule has 1 unspecified atom stereocenters. The Balaban J connectivity index is 1.59. The topological polar surface area (TPSA) is 107 Å². The number of nitrogens with one attached hydrogen (secondary N) is 1. The van der Waals surface area contributed by atoms with Crippen molar-refractivity contribution in [1.82, 2.24) is 14.5 Å². The third kappa shape index (κ3) is 5.60. The number of rotatable bonds is 7. The van der Waals surface area contributed by atoms with E-state index in [0.717, 1.165) is 42.0 Å². The molecular weight excluding hydrogens is 463 g/mol. The van der Waals surface area contributed by atoms with Gasteiger partial charge in [-0.3, -0.25) is 4.79 Å². The average Bonchev–Trinajstić information content (AvgIpc) is 3.33. The van der Waals surface area contributed by atoms with Crippen LogP contribution in [0, 0.1) is 11.8 Å². The minimum absolute atomic E-state index is 0.0663. The molecular formula is C21H28F3N3O5S. The van der Waals surface area contributed by atoms with Crippen molar-refractivity contribution in [1.29, 1.82) is 0 Å². The highest BCUT2D eigenvalue weighted by Gasteiger charge is 2.46. The summed E-state index contributed by atoms with van der Waals surface area (Å²) in [6.07, 6.45) is -3.63. The summed E-state index contributed by atoms with van der Waals surface area (Å²) in [5.74, 6) is -0.218. The first kappa shape index (κ1) is 25.3. The van der Waals surface area contributed by atoms with Gasteiger partial charge in [-0.2, -0.15) is 17.5 Å². The molecule has 2 amide bonds. The van der Waals surface area contributed by atoms with E-state index in [4.69, 9.17) is 5.11 Å². The van der Waals surface area contributed by atoms with E-state index < -0.39 is 27.9 Å². The summed E-state index contributed by atoms with van der Waals surface area (Å²) in [5, 5.41) is 12.0. The van der Waals surface area contributed by atoms with Gasteiger partial charge in [0.1, 0.15) is 0 Å². The Hall–Kier alpha value is -2.34. The quantitative estimate of drug-likeness (QED) is 0.610. The summed E-state index contributed by atoms with van der Waals surface area (Å²) >= 11 is 0. The Morgan fingerprint density at radius 1 is 1.21 bits per heavy atom. The Kier molecular flexibility index (Phi) is 7.27. The molecule has 1 aromatic rings. The lowest BCUT2D eigenvalue weighted by molar-refractivity contribution is -0.137. The van der Waals surface area contributed by atoms with E-state index in [9.17, 15) is 31.2 Å². The summed E-state index contributed by atoms with van der Waals surface area (Å²) in [6, 6.07) is 2.95. The molecule has 1 saturated carbocycles. The van der Waals surface area contributed by atoms with Gasteiger partial charge >= 0.3 is 12.3 Å². The molecule has 0 spiro atoms. The lowest BCUT2D eigenvalue weighted by Gasteiger charge is -2.24. The molecule has 0 aromatic heterocycles. The van der Waals surface area contributed by atoms with Crippen molar-refractivity contribution >= 4 is 22.0 Å². The highest BCUT2D eigenvalue weighted by atomic mass is 32.2. The molecule has 3 rings (SSSR count). The fourth-order valence-corrected chi connectivity index (χ4v) is 6.10. The molecule has 184 valence electrons. The molecule has 4 atom stereocenters. The van der Waals surface area contributed by atoms with Gasteiger partial charge in [0.25, 0.3) is 0 Å². The first-order valence-electron chi connectivity index (χ1n) is 10.7. The third-order valence-corrected chi connectivity index (χ3v) is 8.59. The number of benzene rings is 1. The van der Waals surface area contributed by atoms with Gasteiger partial charge in [0.2, 0.25) is 15.9 Å². The summed E-state index contributed by atoms with van der Waals surface area (Å²) in [7, 11) is -2.50. The maximum absolute atomic E-state index is 13.0. The second-order valence-corrected chi connectivity index (χ2v) is 10.7. The van der Waals surface area contributed by atoms with Crippen LogP contribution < -0.4 is 5.32 Å². The van der Waals surface area contributed by atoms with Gasteiger partial charge in [-0.25, -0.2) is 13.2 Å². The number of carboxylic acid groups (broad SMARTS) is 1. The second-order valence-electron chi connectivity index (χ2n) is 8.80. The van der Waals surface area contributed by atoms with Crippen molar-refractivity contribution in [2.75, 3.05) is 20.1 Å². The summed E-state index contributed by atoms with van der Waals surface area (Å²) in [4.78, 5) is 24.3. The number of fused-ring (bicyclic) bond motifs is 1. The Labute approximate surface area is 190 Å². The molecule has 1 aliphatic carbocycles. The molecule has 2 aliphatic rings. The first-order valence-corrected chi connectivity index (χ1v) is 12.2. The van der Waals surface area contributed by atoms with Gasteiger partial charge in [0, 0.05) is 38.6 Å². The van der Waals surface area contributed by atoms with E-state index in [2.05, 4.69) is 5.32 Å². The maximum Gasteiger partial charge on any atom is 0.416 e. The molecule has 1 aromatic carbocycles. The van der Waals surface area contributed by atoms with Crippen molar-refractivity contribution in [3.05, 3.63) is 29.8 Å². The zero-order valence-electron chi connectivity index (χ0n) is 18.4. The summed E-state index contributed by atoms with van der Waals surface area (Å²) < 4.78 is 65.5. The summed E-state index contributed by atoms with van der Waals surface area (Å²) in [5.41, 5.74) is -0.911. The molecule has 2 fully saturated rings. The highest BCUT2D eigenvalue weighted by Crippen LogP contribution is 2.40. The SMILES string of the molecule is CC(CCC(=O)N[C@H]1CC[C@H]2CN(S(=O)(=O)c3ccc(C(F)(F)F)cc3)C[C@H]21)N(C)C(=O)O. The van der Waals surface area contributed by atoms with Crippen LogP contribution in [0.25, 0.3) is 0 Å². The van der Waals surface area contributed by atoms with Crippen molar-refractivity contribution < 1.29 is 36.3 Å². The molecule has 1 heterocycles. The van der Waals surface area contributed by atoms with E-state index in [-0.39, 0.29) is 54.2 Å². The van der Waals surface area contributed by atoms with Crippen LogP contribution in [0.3, 0.4) is 0 Å². The molecule has 12 heteroatoms. The number of amides is 2. The van der Waals surface area contributed by atoms with Crippen LogP contribution in [-0.4, -0.2) is 67.0 Å². The minimum Gasteiger partial charge on any atom is -0.465 e. The Morgan fingerprint density at radius 3 is 2.42 bits per heavy atom. The van der Waals surface area contributed by atoms with E-state index >= 15 is 0 Å². The van der Waals surface area contributed by atoms with Crippen molar-refractivity contribution in [2.45, 2.75) is 55.8 Å². The first-order chi connectivity index (χ1) is 15.3. The number of carbonyl (C=O) groups is 2.